The SMILES string of the molecule is NS(=O)(=O)c1cc(Br)cc(C(=O)NCCCC(F)(F)F)c1. The van der Waals surface area contributed by atoms with Crippen molar-refractivity contribution < 1.29 is 26.4 Å². The molecule has 118 valence electrons. The molecular formula is C11H12BrF3N2O3S. The van der Waals surface area contributed by atoms with Gasteiger partial charge in [0.15, 0.2) is 0 Å². The molecule has 0 radical (unpaired) electrons. The Morgan fingerprint density at radius 3 is 2.43 bits per heavy atom. The zero-order valence-electron chi connectivity index (χ0n) is 10.6. The molecular weight excluding hydrogens is 377 g/mol. The molecule has 0 unspecified atom stereocenters. The number of hydrogen-bond donors (Lipinski definition) is 2. The Kier molecular flexibility index (Phi) is 5.76. The van der Waals surface area contributed by atoms with Crippen molar-refractivity contribution in [3.8, 4) is 0 Å². The van der Waals surface area contributed by atoms with Gasteiger partial charge in [-0.05, 0) is 24.6 Å². The fraction of sp³-hybridized carbons (Fsp3) is 0.364. The molecule has 1 amide bonds. The van der Waals surface area contributed by atoms with Gasteiger partial charge in [-0.25, -0.2) is 13.6 Å². The first kappa shape index (κ1) is 17.9. The van der Waals surface area contributed by atoms with E-state index in [9.17, 15) is 26.4 Å². The Labute approximate surface area is 127 Å². The molecule has 3 N–H and O–H groups in total. The van der Waals surface area contributed by atoms with Gasteiger partial charge in [-0.15, -0.1) is 0 Å². The minimum absolute atomic E-state index is 0.0135. The van der Waals surface area contributed by atoms with E-state index in [4.69, 9.17) is 5.14 Å². The van der Waals surface area contributed by atoms with E-state index in [1.807, 2.05) is 0 Å². The van der Waals surface area contributed by atoms with E-state index in [-0.39, 0.29) is 23.4 Å². The number of hydrogen-bond acceptors (Lipinski definition) is 3. The van der Waals surface area contributed by atoms with Crippen molar-refractivity contribution in [2.45, 2.75) is 23.9 Å². The highest BCUT2D eigenvalue weighted by atomic mass is 79.9. The lowest BCUT2D eigenvalue weighted by Crippen LogP contribution is -2.26. The lowest BCUT2D eigenvalue weighted by atomic mass is 10.2. The number of primary sulfonamides is 1. The molecule has 10 heteroatoms. The molecule has 1 aromatic carbocycles. The molecule has 0 spiro atoms. The van der Waals surface area contributed by atoms with E-state index in [1.54, 1.807) is 0 Å². The summed E-state index contributed by atoms with van der Waals surface area (Å²) in [7, 11) is -3.98. The summed E-state index contributed by atoms with van der Waals surface area (Å²) in [5, 5.41) is 7.24. The average molecular weight is 389 g/mol. The minimum Gasteiger partial charge on any atom is -0.352 e. The number of amides is 1. The van der Waals surface area contributed by atoms with Gasteiger partial charge in [0, 0.05) is 23.0 Å². The number of nitrogens with one attached hydrogen (secondary N) is 1. The smallest absolute Gasteiger partial charge is 0.352 e. The zero-order valence-corrected chi connectivity index (χ0v) is 13.0. The Balaban J connectivity index is 2.73. The molecule has 1 rings (SSSR count). The Bertz CT molecular complexity index is 632. The predicted molar refractivity (Wildman–Crippen MR) is 73.1 cm³/mol. The van der Waals surface area contributed by atoms with Crippen molar-refractivity contribution >= 4 is 31.9 Å². The lowest BCUT2D eigenvalue weighted by Gasteiger charge is -2.08. The third-order valence-electron chi connectivity index (χ3n) is 2.38. The van der Waals surface area contributed by atoms with Gasteiger partial charge in [0.2, 0.25) is 10.0 Å². The molecule has 0 aliphatic carbocycles. The summed E-state index contributed by atoms with van der Waals surface area (Å²) in [6.07, 6.45) is -5.54. The number of carbonyl (C=O) groups is 1. The predicted octanol–water partition coefficient (Wildman–Crippen LogP) is 2.17. The molecule has 0 saturated carbocycles. The molecule has 0 aliphatic heterocycles. The van der Waals surface area contributed by atoms with Crippen LogP contribution in [0.4, 0.5) is 13.2 Å². The van der Waals surface area contributed by atoms with Crippen LogP contribution in [-0.4, -0.2) is 27.0 Å². The van der Waals surface area contributed by atoms with E-state index in [0.717, 1.165) is 6.07 Å². The average Bonchev–Trinajstić information content (AvgIpc) is 2.31. The molecule has 0 saturated heterocycles. The van der Waals surface area contributed by atoms with Crippen molar-refractivity contribution in [3.05, 3.63) is 28.2 Å². The van der Waals surface area contributed by atoms with Crippen LogP contribution in [-0.2, 0) is 10.0 Å². The van der Waals surface area contributed by atoms with Gasteiger partial charge in [0.25, 0.3) is 5.91 Å². The molecule has 0 aliphatic rings. The summed E-state index contributed by atoms with van der Waals surface area (Å²) in [4.78, 5) is 11.5. The van der Waals surface area contributed by atoms with Gasteiger partial charge in [-0.3, -0.25) is 4.79 Å². The third-order valence-corrected chi connectivity index (χ3v) is 3.74. The van der Waals surface area contributed by atoms with E-state index in [0.29, 0.717) is 4.47 Å². The Morgan fingerprint density at radius 1 is 1.29 bits per heavy atom. The van der Waals surface area contributed by atoms with Crippen LogP contribution in [0.3, 0.4) is 0 Å². The van der Waals surface area contributed by atoms with Crippen LogP contribution in [0, 0.1) is 0 Å². The summed E-state index contributed by atoms with van der Waals surface area (Å²) < 4.78 is 58.6. The summed E-state index contributed by atoms with van der Waals surface area (Å²) in [5.74, 6) is -0.677. The highest BCUT2D eigenvalue weighted by Gasteiger charge is 2.26. The van der Waals surface area contributed by atoms with Gasteiger partial charge in [-0.2, -0.15) is 13.2 Å². The molecule has 0 heterocycles. The molecule has 0 bridgehead atoms. The number of halogens is 4. The first-order chi connectivity index (χ1) is 9.49. The monoisotopic (exact) mass is 388 g/mol. The fourth-order valence-electron chi connectivity index (χ4n) is 1.45. The highest BCUT2D eigenvalue weighted by molar-refractivity contribution is 9.10. The Morgan fingerprint density at radius 2 is 1.90 bits per heavy atom. The van der Waals surface area contributed by atoms with E-state index >= 15 is 0 Å². The van der Waals surface area contributed by atoms with Crippen LogP contribution in [0.5, 0.6) is 0 Å². The summed E-state index contributed by atoms with van der Waals surface area (Å²) in [6.45, 7) is -0.171. The van der Waals surface area contributed by atoms with Crippen LogP contribution in [0.1, 0.15) is 23.2 Å². The number of alkyl halides is 3. The maximum absolute atomic E-state index is 11.9. The second-order valence-electron chi connectivity index (χ2n) is 4.20. The fourth-order valence-corrected chi connectivity index (χ4v) is 2.68. The van der Waals surface area contributed by atoms with Gasteiger partial charge < -0.3 is 5.32 Å². The molecule has 5 nitrogen and oxygen atoms in total. The van der Waals surface area contributed by atoms with E-state index < -0.39 is 28.5 Å². The summed E-state index contributed by atoms with van der Waals surface area (Å²) >= 11 is 3.03. The second kappa shape index (κ2) is 6.75. The highest BCUT2D eigenvalue weighted by Crippen LogP contribution is 2.21. The lowest BCUT2D eigenvalue weighted by molar-refractivity contribution is -0.135. The van der Waals surface area contributed by atoms with Crippen molar-refractivity contribution in [1.82, 2.24) is 5.32 Å². The summed E-state index contributed by atoms with van der Waals surface area (Å²) in [6, 6.07) is 3.61. The van der Waals surface area contributed by atoms with Crippen molar-refractivity contribution in [3.63, 3.8) is 0 Å². The minimum atomic E-state index is -4.28. The van der Waals surface area contributed by atoms with Crippen molar-refractivity contribution in [2.24, 2.45) is 5.14 Å². The number of benzene rings is 1. The summed E-state index contributed by atoms with van der Waals surface area (Å²) in [5.41, 5.74) is -0.0135. The second-order valence-corrected chi connectivity index (χ2v) is 6.67. The van der Waals surface area contributed by atoms with E-state index in [1.165, 1.54) is 12.1 Å². The van der Waals surface area contributed by atoms with Crippen LogP contribution in [0.2, 0.25) is 0 Å². The maximum atomic E-state index is 11.9. The van der Waals surface area contributed by atoms with Crippen LogP contribution < -0.4 is 10.5 Å². The number of rotatable bonds is 5. The quantitative estimate of drug-likeness (QED) is 0.757. The molecule has 0 aromatic heterocycles. The van der Waals surface area contributed by atoms with Gasteiger partial charge in [0.1, 0.15) is 0 Å². The maximum Gasteiger partial charge on any atom is 0.389 e. The van der Waals surface area contributed by atoms with Crippen LogP contribution in [0.25, 0.3) is 0 Å². The Hall–Kier alpha value is -1.13. The van der Waals surface area contributed by atoms with Crippen LogP contribution in [0.15, 0.2) is 27.6 Å². The normalized spacial score (nSPS) is 12.2. The number of nitrogens with two attached hydrogens (primary N) is 1. The molecule has 1 aromatic rings. The largest absolute Gasteiger partial charge is 0.389 e. The van der Waals surface area contributed by atoms with Gasteiger partial charge in [0.05, 0.1) is 4.90 Å². The van der Waals surface area contributed by atoms with Crippen LogP contribution >= 0.6 is 15.9 Å². The zero-order chi connectivity index (χ0) is 16.3. The van der Waals surface area contributed by atoms with Gasteiger partial charge in [-0.1, -0.05) is 15.9 Å². The first-order valence-electron chi connectivity index (χ1n) is 5.67. The number of sulfonamides is 1. The third kappa shape index (κ3) is 6.44. The topological polar surface area (TPSA) is 89.3 Å². The van der Waals surface area contributed by atoms with Crippen molar-refractivity contribution in [1.29, 1.82) is 0 Å². The van der Waals surface area contributed by atoms with E-state index in [2.05, 4.69) is 21.2 Å². The number of carbonyl (C=O) groups excluding carboxylic acids is 1. The molecule has 0 atom stereocenters. The molecule has 21 heavy (non-hydrogen) atoms. The van der Waals surface area contributed by atoms with Crippen molar-refractivity contribution in [2.75, 3.05) is 6.54 Å². The molecule has 0 fully saturated rings. The first-order valence-corrected chi connectivity index (χ1v) is 8.01. The van der Waals surface area contributed by atoms with Gasteiger partial charge >= 0.3 is 6.18 Å². The standard InChI is InChI=1S/C11H12BrF3N2O3S/c12-8-4-7(5-9(6-8)21(16,19)20)10(18)17-3-1-2-11(13,14)15/h4-6H,1-3H2,(H,17,18)(H2,16,19,20).